The van der Waals surface area contributed by atoms with Gasteiger partial charge < -0.3 is 15.4 Å². The zero-order valence-electron chi connectivity index (χ0n) is 15.3. The fourth-order valence-electron chi connectivity index (χ4n) is 2.16. The zero-order valence-corrected chi connectivity index (χ0v) is 16.1. The number of esters is 1. The topological polar surface area (TPSA) is 84.5 Å². The summed E-state index contributed by atoms with van der Waals surface area (Å²) in [5.74, 6) is -1.24. The monoisotopic (exact) mass is 386 g/mol. The Balaban J connectivity index is 1.66. The van der Waals surface area contributed by atoms with Crippen LogP contribution in [0, 0.1) is 13.8 Å². The van der Waals surface area contributed by atoms with E-state index in [0.29, 0.717) is 5.69 Å². The van der Waals surface area contributed by atoms with Gasteiger partial charge in [-0.25, -0.2) is 0 Å². The van der Waals surface area contributed by atoms with Crippen molar-refractivity contribution in [2.24, 2.45) is 0 Å². The number of nitrogens with one attached hydrogen (secondary N) is 2. The molecule has 0 radical (unpaired) electrons. The first-order chi connectivity index (χ1) is 13.0. The van der Waals surface area contributed by atoms with Crippen LogP contribution in [-0.2, 0) is 19.1 Å². The number of aryl methyl sites for hydroxylation is 1. The summed E-state index contributed by atoms with van der Waals surface area (Å²) in [6, 6.07) is 15.0. The second kappa shape index (κ2) is 10.4. The Hall–Kier alpha value is -2.80. The van der Waals surface area contributed by atoms with E-state index in [0.717, 1.165) is 16.0 Å². The standard InChI is InChI=1S/C20H22N2O4S/c1-14-7-6-10-17(15(14)2)22-18(23)11-21-19(24)12-26-20(25)13-27-16-8-4-3-5-9-16/h3-10H,11-13H2,1-2H3,(H,21,24)(H,22,23). The summed E-state index contributed by atoms with van der Waals surface area (Å²) in [5, 5.41) is 5.18. The fourth-order valence-corrected chi connectivity index (χ4v) is 2.87. The van der Waals surface area contributed by atoms with Crippen molar-refractivity contribution in [1.29, 1.82) is 0 Å². The van der Waals surface area contributed by atoms with Gasteiger partial charge in [0.1, 0.15) is 0 Å². The van der Waals surface area contributed by atoms with Gasteiger partial charge >= 0.3 is 5.97 Å². The maximum Gasteiger partial charge on any atom is 0.316 e. The van der Waals surface area contributed by atoms with Crippen molar-refractivity contribution >= 4 is 35.2 Å². The number of carbonyl (C=O) groups excluding carboxylic acids is 3. The van der Waals surface area contributed by atoms with Crippen LogP contribution in [0.4, 0.5) is 5.69 Å². The lowest BCUT2D eigenvalue weighted by molar-refractivity contribution is -0.146. The molecule has 2 amide bonds. The summed E-state index contributed by atoms with van der Waals surface area (Å²) in [5.41, 5.74) is 2.75. The van der Waals surface area contributed by atoms with Crippen molar-refractivity contribution in [2.45, 2.75) is 18.7 Å². The van der Waals surface area contributed by atoms with E-state index >= 15 is 0 Å². The highest BCUT2D eigenvalue weighted by atomic mass is 32.2. The van der Waals surface area contributed by atoms with Crippen LogP contribution < -0.4 is 10.6 Å². The summed E-state index contributed by atoms with van der Waals surface area (Å²) in [6.45, 7) is 3.26. The Bertz CT molecular complexity index is 809. The molecule has 0 spiro atoms. The van der Waals surface area contributed by atoms with E-state index in [1.807, 2.05) is 56.3 Å². The predicted molar refractivity (Wildman–Crippen MR) is 106 cm³/mol. The molecule has 142 valence electrons. The molecule has 0 heterocycles. The highest BCUT2D eigenvalue weighted by Gasteiger charge is 2.11. The molecule has 0 aliphatic rings. The number of benzene rings is 2. The summed E-state index contributed by atoms with van der Waals surface area (Å²) in [4.78, 5) is 36.3. The van der Waals surface area contributed by atoms with Crippen LogP contribution in [0.3, 0.4) is 0 Å². The molecule has 27 heavy (non-hydrogen) atoms. The van der Waals surface area contributed by atoms with Crippen LogP contribution in [0.5, 0.6) is 0 Å². The number of amides is 2. The number of carbonyl (C=O) groups is 3. The van der Waals surface area contributed by atoms with Gasteiger partial charge in [0.2, 0.25) is 5.91 Å². The van der Waals surface area contributed by atoms with Crippen LogP contribution in [0.25, 0.3) is 0 Å². The molecule has 7 heteroatoms. The fraction of sp³-hybridized carbons (Fsp3) is 0.250. The van der Waals surface area contributed by atoms with E-state index in [1.165, 1.54) is 11.8 Å². The van der Waals surface area contributed by atoms with E-state index in [-0.39, 0.29) is 18.2 Å². The number of hydrogen-bond donors (Lipinski definition) is 2. The zero-order chi connectivity index (χ0) is 19.6. The lowest BCUT2D eigenvalue weighted by Gasteiger charge is -2.11. The molecular weight excluding hydrogens is 364 g/mol. The quantitative estimate of drug-likeness (QED) is 0.538. The van der Waals surface area contributed by atoms with Crippen LogP contribution in [0.1, 0.15) is 11.1 Å². The van der Waals surface area contributed by atoms with Crippen LogP contribution >= 0.6 is 11.8 Å². The SMILES string of the molecule is Cc1cccc(NC(=O)CNC(=O)COC(=O)CSc2ccccc2)c1C. The minimum atomic E-state index is -0.524. The largest absolute Gasteiger partial charge is 0.455 e. The van der Waals surface area contributed by atoms with Crippen LogP contribution in [0.2, 0.25) is 0 Å². The molecule has 6 nitrogen and oxygen atoms in total. The van der Waals surface area contributed by atoms with Gasteiger partial charge in [-0.05, 0) is 43.2 Å². The molecule has 2 aromatic rings. The Morgan fingerprint density at radius 1 is 0.963 bits per heavy atom. The molecule has 0 aliphatic heterocycles. The summed E-state index contributed by atoms with van der Waals surface area (Å²) >= 11 is 1.33. The number of thioether (sulfide) groups is 1. The van der Waals surface area contributed by atoms with Gasteiger partial charge in [-0.15, -0.1) is 11.8 Å². The van der Waals surface area contributed by atoms with Crippen molar-refractivity contribution in [3.63, 3.8) is 0 Å². The number of rotatable bonds is 8. The van der Waals surface area contributed by atoms with E-state index < -0.39 is 18.5 Å². The Morgan fingerprint density at radius 2 is 1.70 bits per heavy atom. The van der Waals surface area contributed by atoms with E-state index in [1.54, 1.807) is 6.07 Å². The first-order valence-corrected chi connectivity index (χ1v) is 9.40. The Morgan fingerprint density at radius 3 is 2.44 bits per heavy atom. The van der Waals surface area contributed by atoms with Crippen molar-refractivity contribution in [3.8, 4) is 0 Å². The molecule has 2 rings (SSSR count). The molecule has 0 saturated carbocycles. The first kappa shape index (κ1) is 20.5. The molecule has 0 bridgehead atoms. The van der Waals surface area contributed by atoms with E-state index in [9.17, 15) is 14.4 Å². The molecule has 0 aromatic heterocycles. The Kier molecular flexibility index (Phi) is 7.88. The maximum atomic E-state index is 11.9. The second-order valence-electron chi connectivity index (χ2n) is 5.83. The normalized spacial score (nSPS) is 10.1. The average Bonchev–Trinajstić information content (AvgIpc) is 2.67. The molecule has 0 atom stereocenters. The van der Waals surface area contributed by atoms with Crippen molar-refractivity contribution < 1.29 is 19.1 Å². The van der Waals surface area contributed by atoms with Gasteiger partial charge in [-0.2, -0.15) is 0 Å². The number of anilines is 1. The van der Waals surface area contributed by atoms with Crippen LogP contribution in [-0.4, -0.2) is 36.7 Å². The first-order valence-electron chi connectivity index (χ1n) is 8.42. The highest BCUT2D eigenvalue weighted by molar-refractivity contribution is 8.00. The Labute approximate surface area is 162 Å². The summed E-state index contributed by atoms with van der Waals surface area (Å²) < 4.78 is 4.91. The third-order valence-corrected chi connectivity index (χ3v) is 4.77. The molecule has 2 aromatic carbocycles. The van der Waals surface area contributed by atoms with E-state index in [4.69, 9.17) is 4.74 Å². The third kappa shape index (κ3) is 7.15. The predicted octanol–water partition coefficient (Wildman–Crippen LogP) is 2.69. The lowest BCUT2D eigenvalue weighted by atomic mass is 10.1. The van der Waals surface area contributed by atoms with Gasteiger partial charge in [-0.3, -0.25) is 14.4 Å². The molecule has 0 unspecified atom stereocenters. The molecule has 0 aliphatic carbocycles. The summed E-state index contributed by atoms with van der Waals surface area (Å²) in [6.07, 6.45) is 0. The van der Waals surface area contributed by atoms with E-state index in [2.05, 4.69) is 10.6 Å². The number of ether oxygens (including phenoxy) is 1. The molecule has 2 N–H and O–H groups in total. The van der Waals surface area contributed by atoms with Crippen molar-refractivity contribution in [3.05, 3.63) is 59.7 Å². The molecule has 0 saturated heterocycles. The second-order valence-corrected chi connectivity index (χ2v) is 6.88. The van der Waals surface area contributed by atoms with Gasteiger partial charge in [-0.1, -0.05) is 30.3 Å². The van der Waals surface area contributed by atoms with Gasteiger partial charge in [0.15, 0.2) is 6.61 Å². The minimum absolute atomic E-state index is 0.115. The minimum Gasteiger partial charge on any atom is -0.455 e. The smallest absolute Gasteiger partial charge is 0.316 e. The summed E-state index contributed by atoms with van der Waals surface area (Å²) in [7, 11) is 0. The lowest BCUT2D eigenvalue weighted by Crippen LogP contribution is -2.35. The van der Waals surface area contributed by atoms with Gasteiger partial charge in [0.25, 0.3) is 5.91 Å². The van der Waals surface area contributed by atoms with Crippen molar-refractivity contribution in [2.75, 3.05) is 24.2 Å². The van der Waals surface area contributed by atoms with Gasteiger partial charge in [0, 0.05) is 10.6 Å². The van der Waals surface area contributed by atoms with Gasteiger partial charge in [0.05, 0.1) is 12.3 Å². The molecule has 0 fully saturated rings. The average molecular weight is 386 g/mol. The number of hydrogen-bond acceptors (Lipinski definition) is 5. The molecular formula is C20H22N2O4S. The van der Waals surface area contributed by atoms with Crippen LogP contribution in [0.15, 0.2) is 53.4 Å². The maximum absolute atomic E-state index is 11.9. The highest BCUT2D eigenvalue weighted by Crippen LogP contribution is 2.18. The van der Waals surface area contributed by atoms with Crippen molar-refractivity contribution in [1.82, 2.24) is 5.32 Å². The third-order valence-electron chi connectivity index (χ3n) is 3.79.